The summed E-state index contributed by atoms with van der Waals surface area (Å²) in [6, 6.07) is 9.92. The van der Waals surface area contributed by atoms with Gasteiger partial charge >= 0.3 is 15.5 Å². The summed E-state index contributed by atoms with van der Waals surface area (Å²) in [7, 11) is -5.43. The summed E-state index contributed by atoms with van der Waals surface area (Å²) in [6.45, 7) is 0. The molecule has 1 aliphatic carbocycles. The van der Waals surface area contributed by atoms with Gasteiger partial charge in [-0.15, -0.1) is 11.8 Å². The lowest BCUT2D eigenvalue weighted by Crippen LogP contribution is -2.29. The summed E-state index contributed by atoms with van der Waals surface area (Å²) in [6.07, 6.45) is 9.31. The van der Waals surface area contributed by atoms with Gasteiger partial charge in [-0.25, -0.2) is 0 Å². The van der Waals surface area contributed by atoms with Crippen LogP contribution in [0, 0.1) is 5.92 Å². The van der Waals surface area contributed by atoms with Crippen molar-refractivity contribution < 1.29 is 21.6 Å². The van der Waals surface area contributed by atoms with E-state index in [9.17, 15) is 21.6 Å². The number of benzene rings is 1. The number of hydrogen-bond acceptors (Lipinski definition) is 5. The lowest BCUT2D eigenvalue weighted by Gasteiger charge is -2.21. The van der Waals surface area contributed by atoms with E-state index in [4.69, 9.17) is 0 Å². The van der Waals surface area contributed by atoms with E-state index in [2.05, 4.69) is 16.4 Å². The van der Waals surface area contributed by atoms with Gasteiger partial charge in [0.25, 0.3) is 0 Å². The molecule has 4 rings (SSSR count). The summed E-state index contributed by atoms with van der Waals surface area (Å²) in [5.41, 5.74) is -1.69. The predicted octanol–water partition coefficient (Wildman–Crippen LogP) is 5.80. The number of sulfonamides is 1. The van der Waals surface area contributed by atoms with Gasteiger partial charge in [-0.2, -0.15) is 21.6 Å². The first-order chi connectivity index (χ1) is 15.2. The van der Waals surface area contributed by atoms with Crippen molar-refractivity contribution in [3.63, 3.8) is 0 Å². The average Bonchev–Trinajstić information content (AvgIpc) is 3.25. The van der Waals surface area contributed by atoms with Crippen LogP contribution < -0.4 is 10.0 Å². The lowest BCUT2D eigenvalue weighted by molar-refractivity contribution is -0.0429. The molecule has 2 N–H and O–H groups in total. The summed E-state index contributed by atoms with van der Waals surface area (Å²) < 4.78 is 61.6. The molecule has 5 nitrogen and oxygen atoms in total. The van der Waals surface area contributed by atoms with Crippen LogP contribution in [0.3, 0.4) is 0 Å². The van der Waals surface area contributed by atoms with Crippen molar-refractivity contribution in [2.45, 2.75) is 49.4 Å². The van der Waals surface area contributed by atoms with Crippen molar-refractivity contribution in [1.29, 1.82) is 0 Å². The molecule has 1 unspecified atom stereocenters. The van der Waals surface area contributed by atoms with Crippen LogP contribution in [0.5, 0.6) is 0 Å². The molecule has 172 valence electrons. The molecule has 0 amide bonds. The normalized spacial score (nSPS) is 20.0. The van der Waals surface area contributed by atoms with Gasteiger partial charge in [-0.1, -0.05) is 44.2 Å². The van der Waals surface area contributed by atoms with Crippen LogP contribution in [-0.4, -0.2) is 18.9 Å². The van der Waals surface area contributed by atoms with Gasteiger partial charge in [0.2, 0.25) is 0 Å². The van der Waals surface area contributed by atoms with Crippen LogP contribution in [0.25, 0.3) is 5.70 Å². The molecule has 1 aromatic carbocycles. The Morgan fingerprint density at radius 1 is 1.09 bits per heavy atom. The SMILES string of the molecule is O=S(=O)(Nc1ccc(C2=CSC(c3ccnc(CC4CCCCC4)c3)N2)cc1)C(F)(F)F. The molecule has 10 heteroatoms. The smallest absolute Gasteiger partial charge is 0.368 e. The van der Waals surface area contributed by atoms with Gasteiger partial charge < -0.3 is 5.32 Å². The van der Waals surface area contributed by atoms with E-state index in [1.165, 1.54) is 44.2 Å². The topological polar surface area (TPSA) is 71.1 Å². The van der Waals surface area contributed by atoms with E-state index in [0.717, 1.165) is 28.9 Å². The molecule has 2 heterocycles. The molecular weight excluding hydrogens is 459 g/mol. The van der Waals surface area contributed by atoms with E-state index < -0.39 is 15.5 Å². The van der Waals surface area contributed by atoms with Gasteiger partial charge in [-0.05, 0) is 53.1 Å². The van der Waals surface area contributed by atoms with Crippen molar-refractivity contribution in [1.82, 2.24) is 10.3 Å². The molecule has 1 aromatic heterocycles. The van der Waals surface area contributed by atoms with Gasteiger partial charge in [0.1, 0.15) is 5.37 Å². The molecule has 32 heavy (non-hydrogen) atoms. The van der Waals surface area contributed by atoms with Gasteiger partial charge in [0.05, 0.1) is 0 Å². The maximum absolute atomic E-state index is 12.5. The number of hydrogen-bond donors (Lipinski definition) is 2. The van der Waals surface area contributed by atoms with E-state index in [1.807, 2.05) is 17.7 Å². The Labute approximate surface area is 190 Å². The molecule has 1 fully saturated rings. The molecule has 1 aliphatic heterocycles. The second kappa shape index (κ2) is 9.35. The van der Waals surface area contributed by atoms with Crippen LogP contribution in [0.15, 0.2) is 48.0 Å². The zero-order valence-electron chi connectivity index (χ0n) is 17.2. The Balaban J connectivity index is 1.39. The van der Waals surface area contributed by atoms with Crippen molar-refractivity contribution >= 4 is 33.2 Å². The monoisotopic (exact) mass is 483 g/mol. The second-order valence-electron chi connectivity index (χ2n) is 8.11. The van der Waals surface area contributed by atoms with E-state index in [-0.39, 0.29) is 11.1 Å². The maximum Gasteiger partial charge on any atom is 0.516 e. The quantitative estimate of drug-likeness (QED) is 0.543. The lowest BCUT2D eigenvalue weighted by atomic mass is 9.86. The Bertz CT molecular complexity index is 1080. The summed E-state index contributed by atoms with van der Waals surface area (Å²) in [5.74, 6) is 0.706. The number of nitrogens with zero attached hydrogens (tertiary/aromatic N) is 1. The third kappa shape index (κ3) is 5.40. The summed E-state index contributed by atoms with van der Waals surface area (Å²) >= 11 is 1.61. The van der Waals surface area contributed by atoms with Crippen LogP contribution in [0.2, 0.25) is 0 Å². The van der Waals surface area contributed by atoms with Crippen molar-refractivity contribution in [3.8, 4) is 0 Å². The van der Waals surface area contributed by atoms with Crippen molar-refractivity contribution in [2.75, 3.05) is 4.72 Å². The molecule has 2 aromatic rings. The van der Waals surface area contributed by atoms with Gasteiger partial charge in [-0.3, -0.25) is 9.71 Å². The zero-order chi connectivity index (χ0) is 22.8. The van der Waals surface area contributed by atoms with Crippen molar-refractivity contribution in [3.05, 3.63) is 64.8 Å². The maximum atomic E-state index is 12.5. The number of thioether (sulfide) groups is 1. The molecule has 0 saturated heterocycles. The van der Waals surface area contributed by atoms with Crippen molar-refractivity contribution in [2.24, 2.45) is 5.92 Å². The Morgan fingerprint density at radius 3 is 2.50 bits per heavy atom. The van der Waals surface area contributed by atoms with Gasteiger partial charge in [0.15, 0.2) is 0 Å². The second-order valence-corrected chi connectivity index (χ2v) is 10.8. The fraction of sp³-hybridized carbons (Fsp3) is 0.409. The highest BCUT2D eigenvalue weighted by molar-refractivity contribution is 8.02. The average molecular weight is 484 g/mol. The molecule has 0 bridgehead atoms. The fourth-order valence-electron chi connectivity index (χ4n) is 4.05. The highest BCUT2D eigenvalue weighted by Crippen LogP contribution is 2.38. The fourth-order valence-corrected chi connectivity index (χ4v) is 5.59. The Morgan fingerprint density at radius 2 is 1.81 bits per heavy atom. The van der Waals surface area contributed by atoms with Crippen LogP contribution in [0.4, 0.5) is 18.9 Å². The minimum atomic E-state index is -5.43. The first-order valence-corrected chi connectivity index (χ1v) is 12.9. The predicted molar refractivity (Wildman–Crippen MR) is 121 cm³/mol. The first kappa shape index (κ1) is 23.0. The van der Waals surface area contributed by atoms with E-state index >= 15 is 0 Å². The van der Waals surface area contributed by atoms with E-state index in [0.29, 0.717) is 5.92 Å². The highest BCUT2D eigenvalue weighted by Gasteiger charge is 2.46. The van der Waals surface area contributed by atoms with Crippen LogP contribution >= 0.6 is 11.8 Å². The molecule has 0 radical (unpaired) electrons. The van der Waals surface area contributed by atoms with Gasteiger partial charge in [0, 0.05) is 23.3 Å². The molecule has 1 saturated carbocycles. The third-order valence-electron chi connectivity index (χ3n) is 5.73. The number of anilines is 1. The number of alkyl halides is 3. The number of halogens is 3. The van der Waals surface area contributed by atoms with Crippen LogP contribution in [-0.2, 0) is 16.4 Å². The highest BCUT2D eigenvalue weighted by atomic mass is 32.2. The molecular formula is C22H24F3N3O2S2. The standard InChI is InChI=1S/C22H24F3N3O2S2/c23-22(24,25)32(29,30)28-18-8-6-16(7-9-18)20-14-31-21(27-20)17-10-11-26-19(13-17)12-15-4-2-1-3-5-15/h6-11,13-15,21,27-28H,1-5,12H2. The Hall–Kier alpha value is -2.20. The number of pyridine rings is 1. The zero-order valence-corrected chi connectivity index (χ0v) is 18.9. The number of rotatable bonds is 6. The molecule has 1 atom stereocenters. The minimum absolute atomic E-state index is 0.0153. The third-order valence-corrected chi connectivity index (χ3v) is 7.88. The molecule has 0 spiro atoms. The molecule has 2 aliphatic rings. The van der Waals surface area contributed by atoms with Crippen LogP contribution in [0.1, 0.15) is 54.3 Å². The summed E-state index contributed by atoms with van der Waals surface area (Å²) in [5, 5.41) is 5.40. The first-order valence-electron chi connectivity index (χ1n) is 10.5. The number of nitrogens with one attached hydrogen (secondary N) is 2. The number of aromatic nitrogens is 1. The minimum Gasteiger partial charge on any atom is -0.368 e. The largest absolute Gasteiger partial charge is 0.516 e. The summed E-state index contributed by atoms with van der Waals surface area (Å²) in [4.78, 5) is 4.55. The Kier molecular flexibility index (Phi) is 6.71. The van der Waals surface area contributed by atoms with E-state index in [1.54, 1.807) is 28.6 Å².